The summed E-state index contributed by atoms with van der Waals surface area (Å²) in [5, 5.41) is 9.73. The monoisotopic (exact) mass is 306 g/mol. The van der Waals surface area contributed by atoms with E-state index in [4.69, 9.17) is 0 Å². The highest BCUT2D eigenvalue weighted by Crippen LogP contribution is 2.26. The molecule has 1 aromatic heterocycles. The number of benzene rings is 1. The Labute approximate surface area is 126 Å². The van der Waals surface area contributed by atoms with Gasteiger partial charge in [0.15, 0.2) is 0 Å². The molecule has 4 nitrogen and oxygen atoms in total. The number of carboxylic acids is 1. The standard InChI is InChI=1S/C15H15FN2O2S/c1-3-12-17-9(2)13(15(19)20)14(18-12)21-8-10-5-4-6-11(16)7-10/h4-7H,3,8H2,1-2H3,(H,19,20). The first-order valence-electron chi connectivity index (χ1n) is 6.49. The summed E-state index contributed by atoms with van der Waals surface area (Å²) >= 11 is 1.28. The zero-order valence-corrected chi connectivity index (χ0v) is 12.6. The van der Waals surface area contributed by atoms with Crippen LogP contribution in [0.5, 0.6) is 0 Å². The molecule has 0 saturated carbocycles. The Balaban J connectivity index is 2.29. The predicted octanol–water partition coefficient (Wildman–Crippen LogP) is 3.48. The van der Waals surface area contributed by atoms with Gasteiger partial charge in [0.1, 0.15) is 22.2 Å². The molecule has 0 fully saturated rings. The maximum atomic E-state index is 13.2. The molecule has 0 radical (unpaired) electrons. The van der Waals surface area contributed by atoms with Crippen LogP contribution in [-0.4, -0.2) is 21.0 Å². The third-order valence-electron chi connectivity index (χ3n) is 2.90. The Bertz CT molecular complexity index is 677. The summed E-state index contributed by atoms with van der Waals surface area (Å²) in [5.41, 5.74) is 1.36. The maximum Gasteiger partial charge on any atom is 0.340 e. The van der Waals surface area contributed by atoms with Gasteiger partial charge in [0, 0.05) is 12.2 Å². The van der Waals surface area contributed by atoms with E-state index in [2.05, 4.69) is 9.97 Å². The molecule has 1 heterocycles. The van der Waals surface area contributed by atoms with Crippen molar-refractivity contribution >= 4 is 17.7 Å². The zero-order valence-electron chi connectivity index (χ0n) is 11.8. The quantitative estimate of drug-likeness (QED) is 0.677. The summed E-state index contributed by atoms with van der Waals surface area (Å²) in [7, 11) is 0. The van der Waals surface area contributed by atoms with E-state index in [0.717, 1.165) is 5.56 Å². The summed E-state index contributed by atoms with van der Waals surface area (Å²) in [6.45, 7) is 3.58. The number of thioether (sulfide) groups is 1. The van der Waals surface area contributed by atoms with E-state index in [0.29, 0.717) is 28.7 Å². The summed E-state index contributed by atoms with van der Waals surface area (Å²) in [6, 6.07) is 6.24. The first-order chi connectivity index (χ1) is 10.0. The molecule has 0 aliphatic carbocycles. The first kappa shape index (κ1) is 15.4. The second kappa shape index (κ2) is 6.67. The van der Waals surface area contributed by atoms with Crippen LogP contribution in [0.3, 0.4) is 0 Å². The number of rotatable bonds is 5. The molecular formula is C15H15FN2O2S. The number of aryl methyl sites for hydroxylation is 2. The maximum absolute atomic E-state index is 13.2. The van der Waals surface area contributed by atoms with Gasteiger partial charge in [-0.05, 0) is 24.6 Å². The zero-order chi connectivity index (χ0) is 15.4. The molecule has 2 rings (SSSR count). The molecule has 0 amide bonds. The Kier molecular flexibility index (Phi) is 4.90. The molecule has 6 heteroatoms. The van der Waals surface area contributed by atoms with Crippen molar-refractivity contribution in [2.75, 3.05) is 0 Å². The van der Waals surface area contributed by atoms with E-state index in [-0.39, 0.29) is 11.4 Å². The van der Waals surface area contributed by atoms with Gasteiger partial charge in [-0.25, -0.2) is 19.2 Å². The van der Waals surface area contributed by atoms with Gasteiger partial charge in [0.2, 0.25) is 0 Å². The smallest absolute Gasteiger partial charge is 0.340 e. The number of carbonyl (C=O) groups is 1. The highest BCUT2D eigenvalue weighted by atomic mass is 32.2. The van der Waals surface area contributed by atoms with Crippen LogP contribution in [0.4, 0.5) is 4.39 Å². The molecule has 1 N–H and O–H groups in total. The Morgan fingerprint density at radius 3 is 2.76 bits per heavy atom. The molecule has 0 unspecified atom stereocenters. The molecule has 21 heavy (non-hydrogen) atoms. The van der Waals surface area contributed by atoms with Crippen LogP contribution in [0.25, 0.3) is 0 Å². The van der Waals surface area contributed by atoms with Gasteiger partial charge in [-0.3, -0.25) is 0 Å². The van der Waals surface area contributed by atoms with Crippen molar-refractivity contribution in [3.8, 4) is 0 Å². The average molecular weight is 306 g/mol. The van der Waals surface area contributed by atoms with Gasteiger partial charge in [-0.1, -0.05) is 19.1 Å². The lowest BCUT2D eigenvalue weighted by atomic mass is 10.2. The fourth-order valence-electron chi connectivity index (χ4n) is 1.89. The highest BCUT2D eigenvalue weighted by Gasteiger charge is 2.18. The van der Waals surface area contributed by atoms with Gasteiger partial charge < -0.3 is 5.11 Å². The molecule has 1 aromatic carbocycles. The van der Waals surface area contributed by atoms with Crippen LogP contribution in [-0.2, 0) is 12.2 Å². The van der Waals surface area contributed by atoms with Crippen molar-refractivity contribution in [1.82, 2.24) is 9.97 Å². The van der Waals surface area contributed by atoms with Crippen molar-refractivity contribution < 1.29 is 14.3 Å². The Morgan fingerprint density at radius 2 is 2.14 bits per heavy atom. The molecule has 0 spiro atoms. The first-order valence-corrected chi connectivity index (χ1v) is 7.48. The molecule has 0 aliphatic heterocycles. The second-order valence-electron chi connectivity index (χ2n) is 4.48. The summed E-state index contributed by atoms with van der Waals surface area (Å²) in [5.74, 6) is -0.284. The van der Waals surface area contributed by atoms with E-state index < -0.39 is 5.97 Å². The normalized spacial score (nSPS) is 10.6. The van der Waals surface area contributed by atoms with Gasteiger partial charge in [0.05, 0.1) is 5.69 Å². The van der Waals surface area contributed by atoms with Gasteiger partial charge in [0.25, 0.3) is 0 Å². The molecule has 0 atom stereocenters. The molecule has 0 aliphatic rings. The van der Waals surface area contributed by atoms with Gasteiger partial charge >= 0.3 is 5.97 Å². The number of carboxylic acid groups (broad SMARTS) is 1. The minimum Gasteiger partial charge on any atom is -0.478 e. The Hall–Kier alpha value is -1.95. The van der Waals surface area contributed by atoms with Crippen LogP contribution < -0.4 is 0 Å². The number of nitrogens with zero attached hydrogens (tertiary/aromatic N) is 2. The third-order valence-corrected chi connectivity index (χ3v) is 3.94. The largest absolute Gasteiger partial charge is 0.478 e. The van der Waals surface area contributed by atoms with E-state index >= 15 is 0 Å². The van der Waals surface area contributed by atoms with Crippen molar-refractivity contribution in [3.63, 3.8) is 0 Å². The van der Waals surface area contributed by atoms with Crippen LogP contribution in [0.1, 0.15) is 34.4 Å². The highest BCUT2D eigenvalue weighted by molar-refractivity contribution is 7.98. The van der Waals surface area contributed by atoms with E-state index in [1.54, 1.807) is 19.1 Å². The lowest BCUT2D eigenvalue weighted by molar-refractivity contribution is 0.0690. The van der Waals surface area contributed by atoms with Crippen molar-refractivity contribution in [1.29, 1.82) is 0 Å². The third kappa shape index (κ3) is 3.78. The Morgan fingerprint density at radius 1 is 1.38 bits per heavy atom. The molecule has 110 valence electrons. The number of halogens is 1. The van der Waals surface area contributed by atoms with Crippen molar-refractivity contribution in [2.24, 2.45) is 0 Å². The van der Waals surface area contributed by atoms with Crippen LogP contribution in [0.15, 0.2) is 29.3 Å². The van der Waals surface area contributed by atoms with Crippen molar-refractivity contribution in [2.45, 2.75) is 31.0 Å². The molecule has 2 aromatic rings. The van der Waals surface area contributed by atoms with Gasteiger partial charge in [-0.15, -0.1) is 11.8 Å². The lowest BCUT2D eigenvalue weighted by Crippen LogP contribution is -2.09. The summed E-state index contributed by atoms with van der Waals surface area (Å²) in [4.78, 5) is 19.8. The molecular weight excluding hydrogens is 291 g/mol. The van der Waals surface area contributed by atoms with Crippen molar-refractivity contribution in [3.05, 3.63) is 52.7 Å². The number of hydrogen-bond acceptors (Lipinski definition) is 4. The summed E-state index contributed by atoms with van der Waals surface area (Å²) in [6.07, 6.45) is 0.633. The minimum absolute atomic E-state index is 0.119. The fraction of sp³-hybridized carbons (Fsp3) is 0.267. The topological polar surface area (TPSA) is 63.1 Å². The van der Waals surface area contributed by atoms with E-state index in [1.807, 2.05) is 6.92 Å². The van der Waals surface area contributed by atoms with E-state index in [1.165, 1.54) is 23.9 Å². The van der Waals surface area contributed by atoms with Gasteiger partial charge in [-0.2, -0.15) is 0 Å². The molecule has 0 bridgehead atoms. The van der Waals surface area contributed by atoms with Crippen LogP contribution >= 0.6 is 11.8 Å². The van der Waals surface area contributed by atoms with Crippen LogP contribution in [0, 0.1) is 12.7 Å². The average Bonchev–Trinajstić information content (AvgIpc) is 2.44. The SMILES string of the molecule is CCc1nc(C)c(C(=O)O)c(SCc2cccc(F)c2)n1. The summed E-state index contributed by atoms with van der Waals surface area (Å²) < 4.78 is 13.2. The number of aromatic nitrogens is 2. The fourth-order valence-corrected chi connectivity index (χ4v) is 2.92. The number of aromatic carboxylic acids is 1. The second-order valence-corrected chi connectivity index (χ2v) is 5.45. The minimum atomic E-state index is -1.04. The predicted molar refractivity (Wildman–Crippen MR) is 79.1 cm³/mol. The molecule has 0 saturated heterocycles. The number of hydrogen-bond donors (Lipinski definition) is 1. The lowest BCUT2D eigenvalue weighted by Gasteiger charge is -2.09. The van der Waals surface area contributed by atoms with Crippen LogP contribution in [0.2, 0.25) is 0 Å². The van der Waals surface area contributed by atoms with E-state index in [9.17, 15) is 14.3 Å².